The van der Waals surface area contributed by atoms with Crippen molar-refractivity contribution in [2.45, 2.75) is 61.6 Å². The number of nitrogens with zero attached hydrogens (tertiary/aromatic N) is 5. The van der Waals surface area contributed by atoms with Crippen molar-refractivity contribution < 1.29 is 10.2 Å². The third-order valence-electron chi connectivity index (χ3n) is 6.36. The molecule has 2 aliphatic carbocycles. The molecule has 32 heavy (non-hydrogen) atoms. The molecule has 6 atom stereocenters. The topological polar surface area (TPSA) is 109 Å². The standard InChI is InChI=1S/C22H27IN6O2S/c1-2-8-32-22-25-20(24-15-10-14(15)12-6-4-3-5-7-12)17-21(26-22)29(28-27-17)16-9-13(11-23)18(30)19(16)31/h3-7,13-16,18-19,30-31H,2,8-11H2,1H3,(H,24,25,26)/t13-,14?,15?,16-,18-,19+/m1/s1. The van der Waals surface area contributed by atoms with Gasteiger partial charge in [-0.2, -0.15) is 0 Å². The smallest absolute Gasteiger partial charge is 0.191 e. The van der Waals surface area contributed by atoms with Crippen molar-refractivity contribution in [2.24, 2.45) is 5.92 Å². The van der Waals surface area contributed by atoms with E-state index in [0.29, 0.717) is 40.5 Å². The van der Waals surface area contributed by atoms with Crippen LogP contribution in [0.2, 0.25) is 0 Å². The normalized spacial score (nSPS) is 29.5. The summed E-state index contributed by atoms with van der Waals surface area (Å²) < 4.78 is 2.47. The van der Waals surface area contributed by atoms with Gasteiger partial charge in [0.25, 0.3) is 0 Å². The molecule has 2 aliphatic rings. The summed E-state index contributed by atoms with van der Waals surface area (Å²) in [5.74, 6) is 2.10. The van der Waals surface area contributed by atoms with Crippen molar-refractivity contribution in [2.75, 3.05) is 15.5 Å². The first-order valence-corrected chi connectivity index (χ1v) is 13.6. The molecule has 0 radical (unpaired) electrons. The Morgan fingerprint density at radius 3 is 2.69 bits per heavy atom. The van der Waals surface area contributed by atoms with E-state index in [-0.39, 0.29) is 12.0 Å². The second-order valence-electron chi connectivity index (χ2n) is 8.61. The Balaban J connectivity index is 1.46. The lowest BCUT2D eigenvalue weighted by atomic mass is 10.1. The minimum atomic E-state index is -0.885. The summed E-state index contributed by atoms with van der Waals surface area (Å²) in [5, 5.41) is 34.1. The molecule has 3 N–H and O–H groups in total. The molecule has 2 aromatic heterocycles. The van der Waals surface area contributed by atoms with Crippen molar-refractivity contribution in [1.29, 1.82) is 0 Å². The number of thioether (sulfide) groups is 1. The molecule has 1 aromatic carbocycles. The van der Waals surface area contributed by atoms with Crippen LogP contribution in [0.25, 0.3) is 11.2 Å². The van der Waals surface area contributed by atoms with Crippen LogP contribution in [0.1, 0.15) is 43.7 Å². The van der Waals surface area contributed by atoms with E-state index in [9.17, 15) is 10.2 Å². The average Bonchev–Trinajstić information content (AvgIpc) is 3.36. The number of benzene rings is 1. The van der Waals surface area contributed by atoms with Gasteiger partial charge in [0.05, 0.1) is 12.1 Å². The molecule has 8 nitrogen and oxygen atoms in total. The van der Waals surface area contributed by atoms with Crippen molar-refractivity contribution >= 4 is 51.3 Å². The molecule has 0 bridgehead atoms. The van der Waals surface area contributed by atoms with E-state index in [2.05, 4.69) is 69.4 Å². The lowest BCUT2D eigenvalue weighted by Crippen LogP contribution is -2.30. The van der Waals surface area contributed by atoms with Crippen LogP contribution in [0.5, 0.6) is 0 Å². The molecule has 0 aliphatic heterocycles. The van der Waals surface area contributed by atoms with Crippen LogP contribution in [0.4, 0.5) is 5.82 Å². The van der Waals surface area contributed by atoms with Gasteiger partial charge in [-0.05, 0) is 30.7 Å². The largest absolute Gasteiger partial charge is 0.390 e. The number of alkyl halides is 1. The average molecular weight is 566 g/mol. The molecule has 3 aromatic rings. The van der Waals surface area contributed by atoms with Gasteiger partial charge in [0.1, 0.15) is 6.10 Å². The summed E-state index contributed by atoms with van der Waals surface area (Å²) in [5.41, 5.74) is 2.56. The van der Waals surface area contributed by atoms with Gasteiger partial charge >= 0.3 is 0 Å². The SMILES string of the molecule is CCCSc1nc(NC2CC2c2ccccc2)c2nnn([C@@H]3C[C@H](CI)[C@@H](O)[C@H]3O)c2n1. The summed E-state index contributed by atoms with van der Waals surface area (Å²) in [6.45, 7) is 2.13. The lowest BCUT2D eigenvalue weighted by molar-refractivity contribution is 0.00875. The summed E-state index contributed by atoms with van der Waals surface area (Å²) in [6, 6.07) is 10.5. The lowest BCUT2D eigenvalue weighted by Gasteiger charge is -2.17. The zero-order chi connectivity index (χ0) is 22.2. The molecule has 0 spiro atoms. The molecular formula is C22H27IN6O2S. The Morgan fingerprint density at radius 1 is 1.16 bits per heavy atom. The monoisotopic (exact) mass is 566 g/mol. The van der Waals surface area contributed by atoms with E-state index >= 15 is 0 Å². The highest BCUT2D eigenvalue weighted by Crippen LogP contribution is 2.43. The molecule has 10 heteroatoms. The molecule has 5 rings (SSSR count). The van der Waals surface area contributed by atoms with Gasteiger partial charge in [0.15, 0.2) is 22.1 Å². The van der Waals surface area contributed by atoms with Gasteiger partial charge in [-0.3, -0.25) is 0 Å². The van der Waals surface area contributed by atoms with Crippen LogP contribution in [0.15, 0.2) is 35.5 Å². The number of hydrogen-bond donors (Lipinski definition) is 3. The fourth-order valence-corrected chi connectivity index (χ4v) is 6.06. The van der Waals surface area contributed by atoms with Gasteiger partial charge in [-0.1, -0.05) is 76.8 Å². The quantitative estimate of drug-likeness (QED) is 0.165. The minimum Gasteiger partial charge on any atom is -0.390 e. The molecule has 2 heterocycles. The predicted molar refractivity (Wildman–Crippen MR) is 133 cm³/mol. The first kappa shape index (κ1) is 22.3. The predicted octanol–water partition coefficient (Wildman–Crippen LogP) is 3.41. The Kier molecular flexibility index (Phi) is 6.55. The maximum atomic E-state index is 10.7. The van der Waals surface area contributed by atoms with Gasteiger partial charge < -0.3 is 15.5 Å². The first-order chi connectivity index (χ1) is 15.6. The zero-order valence-corrected chi connectivity index (χ0v) is 20.8. The highest BCUT2D eigenvalue weighted by Gasteiger charge is 2.44. The summed E-state index contributed by atoms with van der Waals surface area (Å²) in [6.07, 6.45) is 1.07. The third-order valence-corrected chi connectivity index (χ3v) is 8.55. The Bertz CT molecular complexity index is 1080. The summed E-state index contributed by atoms with van der Waals surface area (Å²) >= 11 is 3.87. The van der Waals surface area contributed by atoms with E-state index in [4.69, 9.17) is 9.97 Å². The number of aromatic nitrogens is 5. The van der Waals surface area contributed by atoms with Crippen molar-refractivity contribution in [3.63, 3.8) is 0 Å². The number of anilines is 1. The van der Waals surface area contributed by atoms with E-state index in [1.165, 1.54) is 5.56 Å². The fourth-order valence-electron chi connectivity index (χ4n) is 4.49. The second-order valence-corrected chi connectivity index (χ2v) is 10.6. The van der Waals surface area contributed by atoms with Crippen molar-refractivity contribution in [3.8, 4) is 0 Å². The van der Waals surface area contributed by atoms with E-state index in [1.807, 2.05) is 6.07 Å². The van der Waals surface area contributed by atoms with Crippen molar-refractivity contribution in [3.05, 3.63) is 35.9 Å². The van der Waals surface area contributed by atoms with Crippen LogP contribution in [0.3, 0.4) is 0 Å². The number of fused-ring (bicyclic) bond motifs is 1. The molecule has 0 amide bonds. The van der Waals surface area contributed by atoms with E-state index < -0.39 is 12.2 Å². The highest BCUT2D eigenvalue weighted by atomic mass is 127. The molecule has 2 unspecified atom stereocenters. The Hall–Kier alpha value is -1.50. The summed E-state index contributed by atoms with van der Waals surface area (Å²) in [4.78, 5) is 9.51. The van der Waals surface area contributed by atoms with Crippen LogP contribution >= 0.6 is 34.4 Å². The number of halogens is 1. The Morgan fingerprint density at radius 2 is 1.97 bits per heavy atom. The van der Waals surface area contributed by atoms with Gasteiger partial charge in [0.2, 0.25) is 0 Å². The summed E-state index contributed by atoms with van der Waals surface area (Å²) in [7, 11) is 0. The fraction of sp³-hybridized carbons (Fsp3) is 0.545. The van der Waals surface area contributed by atoms with E-state index in [0.717, 1.165) is 23.0 Å². The van der Waals surface area contributed by atoms with Crippen LogP contribution in [0, 0.1) is 5.92 Å². The maximum absolute atomic E-state index is 10.7. The minimum absolute atomic E-state index is 0.0290. The molecule has 2 fully saturated rings. The van der Waals surface area contributed by atoms with Crippen LogP contribution < -0.4 is 5.32 Å². The molecule has 2 saturated carbocycles. The van der Waals surface area contributed by atoms with Gasteiger partial charge in [-0.25, -0.2) is 14.6 Å². The third kappa shape index (κ3) is 4.22. The number of nitrogens with one attached hydrogen (secondary N) is 1. The number of aliphatic hydroxyl groups excluding tert-OH is 2. The number of rotatable bonds is 8. The molecule has 170 valence electrons. The van der Waals surface area contributed by atoms with Crippen LogP contribution in [-0.2, 0) is 0 Å². The van der Waals surface area contributed by atoms with Gasteiger partial charge in [0, 0.05) is 22.1 Å². The van der Waals surface area contributed by atoms with Crippen molar-refractivity contribution in [1.82, 2.24) is 25.0 Å². The van der Waals surface area contributed by atoms with Crippen LogP contribution in [-0.4, -0.2) is 63.6 Å². The van der Waals surface area contributed by atoms with E-state index in [1.54, 1.807) is 16.4 Å². The van der Waals surface area contributed by atoms with Gasteiger partial charge in [-0.15, -0.1) is 5.10 Å². The number of aliphatic hydroxyl groups is 2. The number of hydrogen-bond acceptors (Lipinski definition) is 8. The first-order valence-electron chi connectivity index (χ1n) is 11.1. The zero-order valence-electron chi connectivity index (χ0n) is 17.8. The highest BCUT2D eigenvalue weighted by molar-refractivity contribution is 14.1. The Labute approximate surface area is 204 Å². The molecular weight excluding hydrogens is 539 g/mol. The maximum Gasteiger partial charge on any atom is 0.191 e. The second kappa shape index (κ2) is 9.40. The molecule has 0 saturated heterocycles.